The van der Waals surface area contributed by atoms with Gasteiger partial charge in [-0.25, -0.2) is 8.60 Å². The average molecular weight is 451 g/mol. The Labute approximate surface area is 188 Å². The fraction of sp³-hybridized carbons (Fsp3) is 0.200. The van der Waals surface area contributed by atoms with E-state index in [2.05, 4.69) is 0 Å². The zero-order valence-corrected chi connectivity index (χ0v) is 18.7. The predicted molar refractivity (Wildman–Crippen MR) is 122 cm³/mol. The van der Waals surface area contributed by atoms with E-state index in [1.165, 1.54) is 11.0 Å². The molecule has 0 aliphatic carbocycles. The Morgan fingerprint density at radius 1 is 0.969 bits per heavy atom. The van der Waals surface area contributed by atoms with Gasteiger partial charge in [0.1, 0.15) is 5.82 Å². The maximum absolute atomic E-state index is 14.5. The van der Waals surface area contributed by atoms with E-state index < -0.39 is 16.6 Å². The van der Waals surface area contributed by atoms with Crippen molar-refractivity contribution in [1.29, 1.82) is 0 Å². The Bertz CT molecular complexity index is 1220. The molecule has 3 aromatic rings. The van der Waals surface area contributed by atoms with Crippen molar-refractivity contribution < 1.29 is 18.2 Å². The Balaban J connectivity index is 1.90. The average Bonchev–Trinajstić information content (AvgIpc) is 2.90. The highest BCUT2D eigenvalue weighted by atomic mass is 32.2. The normalized spacial score (nSPS) is 15.0. The number of rotatable bonds is 5. The maximum atomic E-state index is 14.5. The first-order chi connectivity index (χ1) is 15.5. The first-order valence-corrected chi connectivity index (χ1v) is 11.6. The fourth-order valence-electron chi connectivity index (χ4n) is 3.84. The third kappa shape index (κ3) is 3.84. The fourth-order valence-corrected chi connectivity index (χ4v) is 5.19. The van der Waals surface area contributed by atoms with Gasteiger partial charge in [0.25, 0.3) is 11.8 Å². The van der Waals surface area contributed by atoms with Crippen LogP contribution in [0.15, 0.2) is 76.5 Å². The molecule has 7 heteroatoms. The Morgan fingerprint density at radius 3 is 2.38 bits per heavy atom. The van der Waals surface area contributed by atoms with Crippen LogP contribution in [0.4, 0.5) is 10.1 Å². The van der Waals surface area contributed by atoms with Gasteiger partial charge in [-0.15, -0.1) is 0 Å². The summed E-state index contributed by atoms with van der Waals surface area (Å²) >= 11 is 0. The van der Waals surface area contributed by atoms with Crippen LogP contribution in [-0.2, 0) is 17.3 Å². The highest BCUT2D eigenvalue weighted by molar-refractivity contribution is 7.85. The molecule has 4 rings (SSSR count). The molecule has 1 heterocycles. The first kappa shape index (κ1) is 21.9. The highest BCUT2D eigenvalue weighted by Gasteiger charge is 2.32. The molecule has 1 aliphatic rings. The van der Waals surface area contributed by atoms with Gasteiger partial charge in [-0.2, -0.15) is 0 Å². The minimum atomic E-state index is -1.63. The molecule has 164 valence electrons. The minimum absolute atomic E-state index is 0.0487. The molecule has 0 bridgehead atoms. The number of carbonyl (C=O) groups is 2. The van der Waals surface area contributed by atoms with Crippen molar-refractivity contribution >= 4 is 28.3 Å². The molecule has 0 saturated heterocycles. The number of halogens is 1. The van der Waals surface area contributed by atoms with Crippen molar-refractivity contribution in [2.24, 2.45) is 0 Å². The van der Waals surface area contributed by atoms with E-state index >= 15 is 0 Å². The molecule has 0 saturated carbocycles. The molecule has 0 fully saturated rings. The zero-order valence-electron chi connectivity index (χ0n) is 17.9. The third-order valence-corrected chi connectivity index (χ3v) is 7.10. The van der Waals surface area contributed by atoms with Gasteiger partial charge in [0.2, 0.25) is 0 Å². The largest absolute Gasteiger partial charge is 0.339 e. The van der Waals surface area contributed by atoms with Gasteiger partial charge in [0, 0.05) is 24.2 Å². The highest BCUT2D eigenvalue weighted by Crippen LogP contribution is 2.36. The molecule has 1 unspecified atom stereocenters. The van der Waals surface area contributed by atoms with Gasteiger partial charge in [0.15, 0.2) is 0 Å². The van der Waals surface area contributed by atoms with Gasteiger partial charge in [0.05, 0.1) is 38.4 Å². The van der Waals surface area contributed by atoms with Crippen LogP contribution >= 0.6 is 0 Å². The van der Waals surface area contributed by atoms with Gasteiger partial charge in [-0.3, -0.25) is 9.59 Å². The van der Waals surface area contributed by atoms with E-state index in [4.69, 9.17) is 0 Å². The maximum Gasteiger partial charge on any atom is 0.259 e. The summed E-state index contributed by atoms with van der Waals surface area (Å²) in [6.07, 6.45) is 0. The summed E-state index contributed by atoms with van der Waals surface area (Å²) in [5.41, 5.74) is 1.37. The molecule has 0 spiro atoms. The number of anilines is 1. The van der Waals surface area contributed by atoms with E-state index in [9.17, 15) is 18.2 Å². The lowest BCUT2D eigenvalue weighted by Gasteiger charge is -2.25. The number of carbonyl (C=O) groups excluding carboxylic acids is 2. The van der Waals surface area contributed by atoms with Crippen LogP contribution in [0.3, 0.4) is 0 Å². The van der Waals surface area contributed by atoms with Crippen molar-refractivity contribution in [3.63, 3.8) is 0 Å². The lowest BCUT2D eigenvalue weighted by atomic mass is 10.1. The summed E-state index contributed by atoms with van der Waals surface area (Å²) in [5, 5.41) is 0. The Morgan fingerprint density at radius 2 is 1.66 bits per heavy atom. The van der Waals surface area contributed by atoms with Crippen molar-refractivity contribution in [3.8, 4) is 0 Å². The van der Waals surface area contributed by atoms with Crippen molar-refractivity contribution in [2.75, 3.05) is 18.0 Å². The number of fused-ring (bicyclic) bond motifs is 2. The lowest BCUT2D eigenvalue weighted by molar-refractivity contribution is 0.0772. The Hall–Kier alpha value is -3.32. The molecule has 0 aromatic heterocycles. The SMILES string of the molecule is CCN(CC)C(=O)c1ccc2c(c1)N(Cc1ccccc1F)C(=O)c1ccccc1S2=O. The van der Waals surface area contributed by atoms with Crippen LogP contribution in [0.25, 0.3) is 0 Å². The van der Waals surface area contributed by atoms with E-state index in [1.807, 2.05) is 13.8 Å². The summed E-state index contributed by atoms with van der Waals surface area (Å²) < 4.78 is 27.9. The minimum Gasteiger partial charge on any atom is -0.339 e. The molecule has 0 N–H and O–H groups in total. The van der Waals surface area contributed by atoms with Crippen molar-refractivity contribution in [2.45, 2.75) is 30.2 Å². The molecule has 1 aliphatic heterocycles. The molecule has 0 radical (unpaired) electrons. The smallest absolute Gasteiger partial charge is 0.259 e. The van der Waals surface area contributed by atoms with Crippen LogP contribution in [0, 0.1) is 5.82 Å². The van der Waals surface area contributed by atoms with Gasteiger partial charge >= 0.3 is 0 Å². The van der Waals surface area contributed by atoms with E-state index in [-0.39, 0.29) is 18.4 Å². The number of hydrogen-bond acceptors (Lipinski definition) is 3. The van der Waals surface area contributed by atoms with Gasteiger partial charge in [-0.05, 0) is 50.2 Å². The summed E-state index contributed by atoms with van der Waals surface area (Å²) in [7, 11) is -1.63. The molecular weight excluding hydrogens is 427 g/mol. The van der Waals surface area contributed by atoms with Crippen molar-refractivity contribution in [1.82, 2.24) is 4.90 Å². The summed E-state index contributed by atoms with van der Waals surface area (Å²) in [5.74, 6) is -0.997. The van der Waals surface area contributed by atoms with Gasteiger partial charge in [-0.1, -0.05) is 30.3 Å². The van der Waals surface area contributed by atoms with Crippen LogP contribution in [0.2, 0.25) is 0 Å². The summed E-state index contributed by atoms with van der Waals surface area (Å²) in [6, 6.07) is 17.8. The third-order valence-electron chi connectivity index (χ3n) is 5.60. The number of nitrogens with zero attached hydrogens (tertiary/aromatic N) is 2. The molecule has 32 heavy (non-hydrogen) atoms. The quantitative estimate of drug-likeness (QED) is 0.569. The predicted octanol–water partition coefficient (Wildman–Crippen LogP) is 4.63. The molecule has 2 amide bonds. The Kier molecular flexibility index (Phi) is 6.19. The van der Waals surface area contributed by atoms with Crippen LogP contribution in [0.1, 0.15) is 40.1 Å². The molecule has 3 aromatic carbocycles. The molecular formula is C25H23FN2O3S. The van der Waals surface area contributed by atoms with E-state index in [1.54, 1.807) is 65.6 Å². The van der Waals surface area contributed by atoms with Crippen LogP contribution in [0.5, 0.6) is 0 Å². The van der Waals surface area contributed by atoms with Crippen LogP contribution < -0.4 is 4.90 Å². The second kappa shape index (κ2) is 9.04. The van der Waals surface area contributed by atoms with Crippen molar-refractivity contribution in [3.05, 3.63) is 89.2 Å². The number of benzene rings is 3. The van der Waals surface area contributed by atoms with Crippen LogP contribution in [-0.4, -0.2) is 34.0 Å². The topological polar surface area (TPSA) is 57.7 Å². The van der Waals surface area contributed by atoms with Gasteiger partial charge < -0.3 is 9.80 Å². The second-order valence-electron chi connectivity index (χ2n) is 7.41. The zero-order chi connectivity index (χ0) is 22.8. The summed E-state index contributed by atoms with van der Waals surface area (Å²) in [4.78, 5) is 30.4. The number of amides is 2. The molecule has 1 atom stereocenters. The lowest BCUT2D eigenvalue weighted by Crippen LogP contribution is -2.32. The number of hydrogen-bond donors (Lipinski definition) is 0. The standard InChI is InChI=1S/C25H23FN2O3S/c1-3-27(4-2)24(29)17-13-14-23-21(15-17)28(16-18-9-5-7-11-20(18)26)25(30)19-10-6-8-12-22(19)32(23)31/h5-15H,3-4,16H2,1-2H3. The van der Waals surface area contributed by atoms with E-state index in [0.29, 0.717) is 45.3 Å². The second-order valence-corrected chi connectivity index (χ2v) is 8.82. The summed E-state index contributed by atoms with van der Waals surface area (Å²) in [6.45, 7) is 4.82. The first-order valence-electron chi connectivity index (χ1n) is 10.5. The van der Waals surface area contributed by atoms with E-state index in [0.717, 1.165) is 0 Å². The monoisotopic (exact) mass is 450 g/mol. The molecule has 5 nitrogen and oxygen atoms in total.